The molecular weight excluding hydrogens is 388 g/mol. The van der Waals surface area contributed by atoms with Crippen molar-refractivity contribution in [3.8, 4) is 0 Å². The van der Waals surface area contributed by atoms with E-state index in [1.165, 1.54) is 37.4 Å². The summed E-state index contributed by atoms with van der Waals surface area (Å²) in [6, 6.07) is 12.5. The molecule has 154 valence electrons. The number of aliphatic hydroxyl groups excluding tert-OH is 1. The molecule has 1 aromatic heterocycles. The van der Waals surface area contributed by atoms with Crippen LogP contribution in [0.25, 0.3) is 6.08 Å². The molecular formula is C23H21F2N3O2. The van der Waals surface area contributed by atoms with Gasteiger partial charge in [0, 0.05) is 38.0 Å². The van der Waals surface area contributed by atoms with Crippen LogP contribution in [0.5, 0.6) is 0 Å². The summed E-state index contributed by atoms with van der Waals surface area (Å²) in [5.41, 5.74) is 1.46. The summed E-state index contributed by atoms with van der Waals surface area (Å²) in [7, 11) is 1.44. The Hall–Kier alpha value is -3.61. The molecule has 0 unspecified atom stereocenters. The third-order valence-electron chi connectivity index (χ3n) is 4.67. The Morgan fingerprint density at radius 1 is 1.17 bits per heavy atom. The van der Waals surface area contributed by atoms with Gasteiger partial charge < -0.3 is 9.67 Å². The van der Waals surface area contributed by atoms with E-state index in [4.69, 9.17) is 0 Å². The van der Waals surface area contributed by atoms with E-state index >= 15 is 0 Å². The average molecular weight is 409 g/mol. The van der Waals surface area contributed by atoms with Crippen LogP contribution in [0.4, 0.5) is 8.78 Å². The number of carbonyl (C=O) groups excluding carboxylic acids is 1. The van der Waals surface area contributed by atoms with Crippen molar-refractivity contribution in [3.63, 3.8) is 0 Å². The maximum absolute atomic E-state index is 13.8. The molecule has 0 aliphatic heterocycles. The zero-order chi connectivity index (χ0) is 21.5. The van der Waals surface area contributed by atoms with E-state index in [0.29, 0.717) is 18.8 Å². The molecule has 30 heavy (non-hydrogen) atoms. The second kappa shape index (κ2) is 9.73. The predicted octanol–water partition coefficient (Wildman–Crippen LogP) is 4.55. The van der Waals surface area contributed by atoms with Crippen molar-refractivity contribution >= 4 is 18.1 Å². The van der Waals surface area contributed by atoms with Crippen LogP contribution in [0.3, 0.4) is 0 Å². The van der Waals surface area contributed by atoms with Crippen LogP contribution in [-0.4, -0.2) is 33.7 Å². The molecule has 2 aromatic carbocycles. The molecule has 3 rings (SSSR count). The minimum atomic E-state index is -0.621. The van der Waals surface area contributed by atoms with Crippen molar-refractivity contribution in [1.82, 2.24) is 9.55 Å². The minimum absolute atomic E-state index is 0.252. The molecule has 0 saturated carbocycles. The van der Waals surface area contributed by atoms with Gasteiger partial charge in [-0.25, -0.2) is 13.8 Å². The van der Waals surface area contributed by atoms with Crippen molar-refractivity contribution in [3.05, 3.63) is 95.3 Å². The molecule has 0 fully saturated rings. The molecule has 5 nitrogen and oxygen atoms in total. The summed E-state index contributed by atoms with van der Waals surface area (Å²) in [5, 5.41) is 9.92. The number of aliphatic imine (C=N–C) groups is 1. The Morgan fingerprint density at radius 2 is 1.80 bits per heavy atom. The number of rotatable bonds is 8. The quantitative estimate of drug-likeness (QED) is 0.337. The maximum Gasteiger partial charge on any atom is 0.237 e. The molecule has 0 bridgehead atoms. The molecule has 3 aromatic rings. The zero-order valence-electron chi connectivity index (χ0n) is 16.4. The van der Waals surface area contributed by atoms with Gasteiger partial charge in [0.05, 0.1) is 6.21 Å². The van der Waals surface area contributed by atoms with E-state index < -0.39 is 11.5 Å². The Labute approximate surface area is 173 Å². The lowest BCUT2D eigenvalue weighted by Crippen LogP contribution is -2.09. The lowest BCUT2D eigenvalue weighted by atomic mass is 9.88. The highest BCUT2D eigenvalue weighted by Crippen LogP contribution is 2.29. The minimum Gasteiger partial charge on any atom is -0.504 e. The normalized spacial score (nSPS) is 12.1. The van der Waals surface area contributed by atoms with E-state index in [1.807, 2.05) is 12.1 Å². The molecule has 0 aliphatic carbocycles. The van der Waals surface area contributed by atoms with Crippen LogP contribution in [0.2, 0.25) is 0 Å². The molecule has 0 saturated heterocycles. The molecule has 0 aliphatic rings. The third-order valence-corrected chi connectivity index (χ3v) is 4.67. The number of imidazole rings is 1. The molecule has 0 radical (unpaired) electrons. The van der Waals surface area contributed by atoms with Gasteiger partial charge in [0.2, 0.25) is 5.78 Å². The Kier molecular flexibility index (Phi) is 6.85. The second-order valence-electron chi connectivity index (χ2n) is 6.71. The first-order valence-electron chi connectivity index (χ1n) is 9.37. The third kappa shape index (κ3) is 5.26. The van der Waals surface area contributed by atoms with Crippen LogP contribution in [0.15, 0.2) is 71.7 Å². The number of carbonyl (C=O) groups is 1. The standard InChI is InChI=1S/C23H21F2N3O2/c1-26-15-22(30)21(29)14-23-27-9-11-28(23)10-8-20(16-4-2-6-18(24)12-16)17-5-3-7-19(25)13-17/h2-7,9,11-15,20,29H,8,10H2,1H3/b21-14-,26-15-. The molecule has 1 N–H and O–H groups in total. The molecule has 0 amide bonds. The van der Waals surface area contributed by atoms with Gasteiger partial charge in [0.25, 0.3) is 0 Å². The monoisotopic (exact) mass is 409 g/mol. The van der Waals surface area contributed by atoms with Gasteiger partial charge >= 0.3 is 0 Å². The first-order chi connectivity index (χ1) is 14.5. The molecule has 1 heterocycles. The number of allylic oxidation sites excluding steroid dienone is 1. The van der Waals surface area contributed by atoms with E-state index in [2.05, 4.69) is 9.98 Å². The summed E-state index contributed by atoms with van der Waals surface area (Å²) < 4.78 is 29.4. The van der Waals surface area contributed by atoms with Crippen LogP contribution >= 0.6 is 0 Å². The van der Waals surface area contributed by atoms with E-state index in [9.17, 15) is 18.7 Å². The molecule has 0 spiro atoms. The van der Waals surface area contributed by atoms with E-state index in [0.717, 1.165) is 17.3 Å². The van der Waals surface area contributed by atoms with Crippen LogP contribution < -0.4 is 0 Å². The average Bonchev–Trinajstić information content (AvgIpc) is 3.15. The fourth-order valence-corrected chi connectivity index (χ4v) is 3.27. The first-order valence-corrected chi connectivity index (χ1v) is 9.37. The van der Waals surface area contributed by atoms with Crippen molar-refractivity contribution in [2.75, 3.05) is 7.05 Å². The molecule has 7 heteroatoms. The smallest absolute Gasteiger partial charge is 0.237 e. The number of ketones is 1. The van der Waals surface area contributed by atoms with Gasteiger partial charge in [0.1, 0.15) is 17.5 Å². The predicted molar refractivity (Wildman–Crippen MR) is 112 cm³/mol. The number of aromatic nitrogens is 2. The Balaban J connectivity index is 1.86. The van der Waals surface area contributed by atoms with Crippen molar-refractivity contribution in [1.29, 1.82) is 0 Å². The summed E-state index contributed by atoms with van der Waals surface area (Å²) in [6.45, 7) is 0.451. The highest BCUT2D eigenvalue weighted by Gasteiger charge is 2.17. The molecule has 0 atom stereocenters. The van der Waals surface area contributed by atoms with E-state index in [1.54, 1.807) is 29.1 Å². The van der Waals surface area contributed by atoms with Crippen molar-refractivity contribution < 1.29 is 18.7 Å². The lowest BCUT2D eigenvalue weighted by molar-refractivity contribution is -0.111. The van der Waals surface area contributed by atoms with Crippen LogP contribution in [-0.2, 0) is 11.3 Å². The van der Waals surface area contributed by atoms with Crippen molar-refractivity contribution in [2.45, 2.75) is 18.9 Å². The highest BCUT2D eigenvalue weighted by atomic mass is 19.1. The number of aliphatic hydroxyl groups is 1. The number of halogens is 2. The second-order valence-corrected chi connectivity index (χ2v) is 6.71. The summed E-state index contributed by atoms with van der Waals surface area (Å²) in [5.74, 6) is -1.67. The number of nitrogens with zero attached hydrogens (tertiary/aromatic N) is 3. The van der Waals surface area contributed by atoms with E-state index in [-0.39, 0.29) is 17.6 Å². The summed E-state index contributed by atoms with van der Waals surface area (Å²) in [6.07, 6.45) is 6.07. The Bertz CT molecular complexity index is 1040. The van der Waals surface area contributed by atoms with Gasteiger partial charge in [-0.15, -0.1) is 0 Å². The van der Waals surface area contributed by atoms with Gasteiger partial charge in [-0.05, 0) is 41.8 Å². The Morgan fingerprint density at radius 3 is 2.37 bits per heavy atom. The fourth-order valence-electron chi connectivity index (χ4n) is 3.27. The highest BCUT2D eigenvalue weighted by molar-refractivity contribution is 6.35. The van der Waals surface area contributed by atoms with Crippen LogP contribution in [0.1, 0.15) is 29.3 Å². The number of hydrogen-bond acceptors (Lipinski definition) is 4. The number of Topliss-reactive ketones (excluding diaryl/α,β-unsaturated/α-hetero) is 1. The van der Waals surface area contributed by atoms with Crippen molar-refractivity contribution in [2.24, 2.45) is 4.99 Å². The summed E-state index contributed by atoms with van der Waals surface area (Å²) >= 11 is 0. The summed E-state index contributed by atoms with van der Waals surface area (Å²) in [4.78, 5) is 19.5. The van der Waals surface area contributed by atoms with Gasteiger partial charge in [-0.1, -0.05) is 24.3 Å². The first kappa shape index (κ1) is 21.1. The number of hydrogen-bond donors (Lipinski definition) is 1. The largest absolute Gasteiger partial charge is 0.504 e. The van der Waals surface area contributed by atoms with Crippen LogP contribution in [0, 0.1) is 11.6 Å². The lowest BCUT2D eigenvalue weighted by Gasteiger charge is -2.19. The zero-order valence-corrected chi connectivity index (χ0v) is 16.4. The van der Waals surface area contributed by atoms with Gasteiger partial charge in [0.15, 0.2) is 5.76 Å². The maximum atomic E-state index is 13.8. The van der Waals surface area contributed by atoms with Gasteiger partial charge in [-0.2, -0.15) is 0 Å². The van der Waals surface area contributed by atoms with Gasteiger partial charge in [-0.3, -0.25) is 9.79 Å². The SMILES string of the molecule is C/N=C\C(=O)/C(O)=C/c1nccn1CCC(c1cccc(F)c1)c1cccc(F)c1. The number of aryl methyl sites for hydroxylation is 1. The number of benzene rings is 2. The topological polar surface area (TPSA) is 67.5 Å². The fraction of sp³-hybridized carbons (Fsp3) is 0.174.